The smallest absolute Gasteiger partial charge is 0.305 e. The van der Waals surface area contributed by atoms with Crippen molar-refractivity contribution in [3.8, 4) is 0 Å². The number of rotatable bonds is 9. The number of esters is 1. The Kier molecular flexibility index (Phi) is 9.85. The third-order valence-electron chi connectivity index (χ3n) is 2.15. The molecule has 96 valence electrons. The van der Waals surface area contributed by atoms with Crippen LogP contribution in [0.3, 0.4) is 0 Å². The summed E-state index contributed by atoms with van der Waals surface area (Å²) >= 11 is 12.4. The molecule has 0 heterocycles. The van der Waals surface area contributed by atoms with E-state index in [4.69, 9.17) is 4.74 Å². The Labute approximate surface area is 115 Å². The van der Waals surface area contributed by atoms with Gasteiger partial charge in [0.25, 0.3) is 0 Å². The zero-order valence-electron chi connectivity index (χ0n) is 9.81. The van der Waals surface area contributed by atoms with E-state index in [1.165, 1.54) is 12.8 Å². The molecular formula is C11H22O2S3. The molecule has 2 nitrogen and oxygen atoms in total. The minimum Gasteiger partial charge on any atom is -0.466 e. The lowest BCUT2D eigenvalue weighted by molar-refractivity contribution is -0.143. The SMILES string of the molecule is CCCCCCC(=O)OCCCC(S)(S)S. The number of hydrogen-bond acceptors (Lipinski definition) is 5. The highest BCUT2D eigenvalue weighted by molar-refractivity contribution is 8.16. The molecule has 0 N–H and O–H groups in total. The first-order valence-corrected chi connectivity index (χ1v) is 7.12. The average Bonchev–Trinajstić information content (AvgIpc) is 2.18. The van der Waals surface area contributed by atoms with Crippen LogP contribution >= 0.6 is 37.9 Å². The standard InChI is InChI=1S/C11H22O2S3/c1-2-3-4-5-7-10(12)13-9-6-8-11(14,15)16/h14-16H,2-9H2,1H3. The fourth-order valence-electron chi connectivity index (χ4n) is 1.26. The van der Waals surface area contributed by atoms with Crippen molar-refractivity contribution < 1.29 is 9.53 Å². The van der Waals surface area contributed by atoms with E-state index >= 15 is 0 Å². The zero-order valence-corrected chi connectivity index (χ0v) is 12.5. The van der Waals surface area contributed by atoms with Crippen molar-refractivity contribution in [1.29, 1.82) is 0 Å². The van der Waals surface area contributed by atoms with Crippen LogP contribution in [0.4, 0.5) is 0 Å². The van der Waals surface area contributed by atoms with Gasteiger partial charge in [-0.2, -0.15) is 37.9 Å². The maximum Gasteiger partial charge on any atom is 0.305 e. The lowest BCUT2D eigenvalue weighted by atomic mass is 10.2. The lowest BCUT2D eigenvalue weighted by Gasteiger charge is -2.14. The molecular weight excluding hydrogens is 260 g/mol. The van der Waals surface area contributed by atoms with E-state index < -0.39 is 3.41 Å². The van der Waals surface area contributed by atoms with Gasteiger partial charge in [0.2, 0.25) is 0 Å². The molecule has 0 aromatic carbocycles. The first-order valence-electron chi connectivity index (χ1n) is 5.78. The van der Waals surface area contributed by atoms with Crippen molar-refractivity contribution in [2.24, 2.45) is 0 Å². The number of hydrogen-bond donors (Lipinski definition) is 3. The van der Waals surface area contributed by atoms with Gasteiger partial charge in [-0.05, 0) is 19.3 Å². The minimum absolute atomic E-state index is 0.0980. The summed E-state index contributed by atoms with van der Waals surface area (Å²) in [6, 6.07) is 0. The van der Waals surface area contributed by atoms with Crippen molar-refractivity contribution in [2.45, 2.75) is 55.3 Å². The fraction of sp³-hybridized carbons (Fsp3) is 0.909. The van der Waals surface area contributed by atoms with Crippen LogP contribution in [0.15, 0.2) is 0 Å². The highest BCUT2D eigenvalue weighted by Gasteiger charge is 2.13. The van der Waals surface area contributed by atoms with Crippen LogP contribution < -0.4 is 0 Å². The third kappa shape index (κ3) is 12.6. The Morgan fingerprint density at radius 3 is 2.38 bits per heavy atom. The summed E-state index contributed by atoms with van der Waals surface area (Å²) in [7, 11) is 0. The minimum atomic E-state index is -0.576. The quantitative estimate of drug-likeness (QED) is 0.260. The van der Waals surface area contributed by atoms with Gasteiger partial charge in [0.05, 0.1) is 10.0 Å². The summed E-state index contributed by atoms with van der Waals surface area (Å²) in [6.45, 7) is 2.59. The zero-order chi connectivity index (χ0) is 12.4. The second kappa shape index (κ2) is 9.54. The van der Waals surface area contributed by atoms with Gasteiger partial charge in [-0.15, -0.1) is 0 Å². The van der Waals surface area contributed by atoms with E-state index in [1.54, 1.807) is 0 Å². The van der Waals surface area contributed by atoms with Crippen LogP contribution in [0.2, 0.25) is 0 Å². The van der Waals surface area contributed by atoms with Gasteiger partial charge in [-0.3, -0.25) is 4.79 Å². The number of carbonyl (C=O) groups excluding carboxylic acids is 1. The van der Waals surface area contributed by atoms with Crippen LogP contribution in [0, 0.1) is 0 Å². The number of carbonyl (C=O) groups is 1. The van der Waals surface area contributed by atoms with Gasteiger partial charge >= 0.3 is 5.97 Å². The maximum absolute atomic E-state index is 11.3. The Hall–Kier alpha value is 0.520. The molecule has 5 heteroatoms. The van der Waals surface area contributed by atoms with E-state index in [9.17, 15) is 4.79 Å². The van der Waals surface area contributed by atoms with Crippen molar-refractivity contribution in [2.75, 3.05) is 6.61 Å². The van der Waals surface area contributed by atoms with Crippen LogP contribution in [0.5, 0.6) is 0 Å². The summed E-state index contributed by atoms with van der Waals surface area (Å²) < 4.78 is 4.50. The van der Waals surface area contributed by atoms with E-state index in [1.807, 2.05) is 0 Å². The predicted octanol–water partition coefficient (Wildman–Crippen LogP) is 3.72. The molecule has 0 aliphatic heterocycles. The molecule has 0 atom stereocenters. The molecule has 0 aliphatic rings. The molecule has 0 saturated heterocycles. The maximum atomic E-state index is 11.3. The molecule has 0 saturated carbocycles. The van der Waals surface area contributed by atoms with Crippen molar-refractivity contribution in [3.05, 3.63) is 0 Å². The normalized spacial score (nSPS) is 11.5. The van der Waals surface area contributed by atoms with Crippen LogP contribution in [-0.2, 0) is 9.53 Å². The molecule has 0 aromatic heterocycles. The van der Waals surface area contributed by atoms with Gasteiger partial charge in [0.15, 0.2) is 0 Å². The summed E-state index contributed by atoms with van der Waals surface area (Å²) in [4.78, 5) is 11.3. The third-order valence-corrected chi connectivity index (χ3v) is 2.82. The molecule has 0 unspecified atom stereocenters. The van der Waals surface area contributed by atoms with Crippen LogP contribution in [-0.4, -0.2) is 16.0 Å². The molecule has 16 heavy (non-hydrogen) atoms. The Balaban J connectivity index is 3.31. The second-order valence-corrected chi connectivity index (χ2v) is 7.26. The summed E-state index contributed by atoms with van der Waals surface area (Å²) in [5.41, 5.74) is 0. The highest BCUT2D eigenvalue weighted by Crippen LogP contribution is 2.29. The Bertz CT molecular complexity index is 190. The second-order valence-electron chi connectivity index (χ2n) is 3.91. The first-order chi connectivity index (χ1) is 7.45. The number of thiol groups is 3. The molecule has 0 bridgehead atoms. The highest BCUT2D eigenvalue weighted by atomic mass is 32.2. The largest absolute Gasteiger partial charge is 0.466 e. The van der Waals surface area contributed by atoms with Gasteiger partial charge in [0, 0.05) is 6.42 Å². The van der Waals surface area contributed by atoms with E-state index in [-0.39, 0.29) is 5.97 Å². The monoisotopic (exact) mass is 282 g/mol. The number of ether oxygens (including phenoxy) is 1. The Morgan fingerprint density at radius 1 is 1.12 bits per heavy atom. The molecule has 0 amide bonds. The molecule has 0 spiro atoms. The van der Waals surface area contributed by atoms with Crippen molar-refractivity contribution >= 4 is 43.9 Å². The van der Waals surface area contributed by atoms with Crippen LogP contribution in [0.1, 0.15) is 51.9 Å². The predicted molar refractivity (Wildman–Crippen MR) is 78.6 cm³/mol. The topological polar surface area (TPSA) is 26.3 Å². The van der Waals surface area contributed by atoms with Gasteiger partial charge in [0.1, 0.15) is 0 Å². The van der Waals surface area contributed by atoms with Gasteiger partial charge in [-0.25, -0.2) is 0 Å². The molecule has 0 rings (SSSR count). The van der Waals surface area contributed by atoms with Crippen molar-refractivity contribution in [1.82, 2.24) is 0 Å². The number of unbranched alkanes of at least 4 members (excludes halogenated alkanes) is 3. The fourth-order valence-corrected chi connectivity index (χ4v) is 1.74. The molecule has 0 aliphatic carbocycles. The van der Waals surface area contributed by atoms with Gasteiger partial charge in [-0.1, -0.05) is 26.2 Å². The van der Waals surface area contributed by atoms with E-state index in [0.29, 0.717) is 19.4 Å². The summed E-state index contributed by atoms with van der Waals surface area (Å²) in [6.07, 6.45) is 6.40. The average molecular weight is 282 g/mol. The summed E-state index contributed by atoms with van der Waals surface area (Å²) in [5, 5.41) is 0. The van der Waals surface area contributed by atoms with E-state index in [0.717, 1.165) is 19.3 Å². The van der Waals surface area contributed by atoms with E-state index in [2.05, 4.69) is 44.8 Å². The first kappa shape index (κ1) is 16.5. The molecule has 0 radical (unpaired) electrons. The Morgan fingerprint density at radius 2 is 1.81 bits per heavy atom. The molecule has 0 aromatic rings. The summed E-state index contributed by atoms with van der Waals surface area (Å²) in [5.74, 6) is -0.0980. The van der Waals surface area contributed by atoms with Crippen molar-refractivity contribution in [3.63, 3.8) is 0 Å². The van der Waals surface area contributed by atoms with Crippen LogP contribution in [0.25, 0.3) is 0 Å². The lowest BCUT2D eigenvalue weighted by Crippen LogP contribution is -2.09. The molecule has 0 fully saturated rings. The van der Waals surface area contributed by atoms with Gasteiger partial charge < -0.3 is 4.74 Å².